The van der Waals surface area contributed by atoms with Crippen LogP contribution in [-0.4, -0.2) is 13.1 Å². The van der Waals surface area contributed by atoms with Crippen LogP contribution in [0.1, 0.15) is 31.7 Å². The molecule has 0 saturated heterocycles. The quantitative estimate of drug-likeness (QED) is 0.786. The van der Waals surface area contributed by atoms with Gasteiger partial charge < -0.3 is 5.32 Å². The van der Waals surface area contributed by atoms with Crippen molar-refractivity contribution < 1.29 is 0 Å². The Bertz CT molecular complexity index is 372. The monoisotopic (exact) mass is 257 g/mol. The average Bonchev–Trinajstić information content (AvgIpc) is 2.99. The fourth-order valence-corrected chi connectivity index (χ4v) is 2.73. The van der Waals surface area contributed by atoms with Crippen LogP contribution in [0.2, 0.25) is 10.0 Å². The van der Waals surface area contributed by atoms with Crippen molar-refractivity contribution in [1.29, 1.82) is 0 Å². The van der Waals surface area contributed by atoms with Crippen LogP contribution in [0.3, 0.4) is 0 Å². The fraction of sp³-hybridized carbons (Fsp3) is 0.538. The summed E-state index contributed by atoms with van der Waals surface area (Å²) in [6.45, 7) is 4.29. The lowest BCUT2D eigenvalue weighted by atomic mass is 9.96. The summed E-state index contributed by atoms with van der Waals surface area (Å²) in [5.41, 5.74) is 1.53. The smallest absolute Gasteiger partial charge is 0.0458 e. The molecule has 0 unspecified atom stereocenters. The zero-order valence-corrected chi connectivity index (χ0v) is 11.0. The standard InChI is InChI=1S/C13H17Cl2N/c1-2-7-16-9-13(5-6-13)11-4-3-10(14)8-12(11)15/h3-4,8,16H,2,5-7,9H2,1H3. The first kappa shape index (κ1) is 12.2. The van der Waals surface area contributed by atoms with E-state index < -0.39 is 0 Å². The van der Waals surface area contributed by atoms with Crippen molar-refractivity contribution in [3.8, 4) is 0 Å². The van der Waals surface area contributed by atoms with E-state index in [9.17, 15) is 0 Å². The molecule has 0 aromatic heterocycles. The fourth-order valence-electron chi connectivity index (χ4n) is 2.12. The van der Waals surface area contributed by atoms with Crippen LogP contribution < -0.4 is 5.32 Å². The van der Waals surface area contributed by atoms with Crippen molar-refractivity contribution in [3.63, 3.8) is 0 Å². The van der Waals surface area contributed by atoms with E-state index in [0.717, 1.165) is 18.1 Å². The van der Waals surface area contributed by atoms with Gasteiger partial charge in [-0.2, -0.15) is 0 Å². The minimum atomic E-state index is 0.275. The molecular formula is C13H17Cl2N. The second-order valence-corrected chi connectivity index (χ2v) is 5.42. The molecular weight excluding hydrogens is 241 g/mol. The molecule has 0 aliphatic heterocycles. The van der Waals surface area contributed by atoms with Gasteiger partial charge in [-0.05, 0) is 43.5 Å². The van der Waals surface area contributed by atoms with E-state index in [0.29, 0.717) is 5.02 Å². The molecule has 1 aromatic rings. The van der Waals surface area contributed by atoms with Crippen LogP contribution in [-0.2, 0) is 5.41 Å². The van der Waals surface area contributed by atoms with E-state index in [1.54, 1.807) is 0 Å². The zero-order valence-electron chi connectivity index (χ0n) is 9.52. The molecule has 0 amide bonds. The summed E-state index contributed by atoms with van der Waals surface area (Å²) >= 11 is 12.2. The van der Waals surface area contributed by atoms with Gasteiger partial charge in [0.25, 0.3) is 0 Å². The highest BCUT2D eigenvalue weighted by Crippen LogP contribution is 2.50. The molecule has 16 heavy (non-hydrogen) atoms. The molecule has 3 heteroatoms. The molecule has 2 rings (SSSR count). The number of rotatable bonds is 5. The molecule has 1 aliphatic rings. The molecule has 88 valence electrons. The summed E-state index contributed by atoms with van der Waals surface area (Å²) < 4.78 is 0. The van der Waals surface area contributed by atoms with E-state index in [-0.39, 0.29) is 5.41 Å². The lowest BCUT2D eigenvalue weighted by molar-refractivity contribution is 0.571. The molecule has 1 saturated carbocycles. The Morgan fingerprint density at radius 3 is 2.62 bits per heavy atom. The predicted molar refractivity (Wildman–Crippen MR) is 70.5 cm³/mol. The van der Waals surface area contributed by atoms with Gasteiger partial charge in [0.1, 0.15) is 0 Å². The number of benzene rings is 1. The molecule has 1 fully saturated rings. The van der Waals surface area contributed by atoms with Crippen molar-refractivity contribution >= 4 is 23.2 Å². The summed E-state index contributed by atoms with van der Waals surface area (Å²) in [6, 6.07) is 5.85. The van der Waals surface area contributed by atoms with Gasteiger partial charge in [0.2, 0.25) is 0 Å². The first-order valence-electron chi connectivity index (χ1n) is 5.84. The summed E-state index contributed by atoms with van der Waals surface area (Å²) in [6.07, 6.45) is 3.63. The summed E-state index contributed by atoms with van der Waals surface area (Å²) in [4.78, 5) is 0. The lowest BCUT2D eigenvalue weighted by Crippen LogP contribution is -2.27. The first-order valence-corrected chi connectivity index (χ1v) is 6.60. The van der Waals surface area contributed by atoms with Gasteiger partial charge in [-0.1, -0.05) is 36.2 Å². The molecule has 0 bridgehead atoms. The molecule has 1 N–H and O–H groups in total. The predicted octanol–water partition coefficient (Wildman–Crippen LogP) is 4.02. The number of hydrogen-bond donors (Lipinski definition) is 1. The largest absolute Gasteiger partial charge is 0.316 e. The highest BCUT2D eigenvalue weighted by Gasteiger charge is 2.44. The number of hydrogen-bond acceptors (Lipinski definition) is 1. The maximum atomic E-state index is 6.25. The number of nitrogens with one attached hydrogen (secondary N) is 1. The van der Waals surface area contributed by atoms with E-state index in [4.69, 9.17) is 23.2 Å². The third-order valence-electron chi connectivity index (χ3n) is 3.25. The van der Waals surface area contributed by atoms with Gasteiger partial charge in [-0.3, -0.25) is 0 Å². The third-order valence-corrected chi connectivity index (χ3v) is 3.79. The Morgan fingerprint density at radius 2 is 2.06 bits per heavy atom. The normalized spacial score (nSPS) is 17.4. The Labute approximate surface area is 107 Å². The minimum Gasteiger partial charge on any atom is -0.316 e. The lowest BCUT2D eigenvalue weighted by Gasteiger charge is -2.18. The average molecular weight is 258 g/mol. The van der Waals surface area contributed by atoms with Crippen molar-refractivity contribution in [2.24, 2.45) is 0 Å². The highest BCUT2D eigenvalue weighted by molar-refractivity contribution is 6.35. The molecule has 0 atom stereocenters. The van der Waals surface area contributed by atoms with Crippen LogP contribution >= 0.6 is 23.2 Å². The Kier molecular flexibility index (Phi) is 3.78. The van der Waals surface area contributed by atoms with Crippen molar-refractivity contribution in [1.82, 2.24) is 5.32 Å². The van der Waals surface area contributed by atoms with Crippen LogP contribution in [0.25, 0.3) is 0 Å². The molecule has 1 aliphatic carbocycles. The molecule has 1 nitrogen and oxygen atoms in total. The Balaban J connectivity index is 2.10. The van der Waals surface area contributed by atoms with Crippen LogP contribution in [0.4, 0.5) is 0 Å². The first-order chi connectivity index (χ1) is 7.68. The maximum absolute atomic E-state index is 6.25. The highest BCUT2D eigenvalue weighted by atomic mass is 35.5. The van der Waals surface area contributed by atoms with Gasteiger partial charge in [0.15, 0.2) is 0 Å². The molecule has 0 heterocycles. The molecule has 1 aromatic carbocycles. The van der Waals surface area contributed by atoms with Crippen LogP contribution in [0, 0.1) is 0 Å². The van der Waals surface area contributed by atoms with E-state index in [1.165, 1.54) is 24.8 Å². The zero-order chi connectivity index (χ0) is 11.6. The van der Waals surface area contributed by atoms with Gasteiger partial charge in [0, 0.05) is 22.0 Å². The van der Waals surface area contributed by atoms with E-state index in [2.05, 4.69) is 18.3 Å². The minimum absolute atomic E-state index is 0.275. The summed E-state index contributed by atoms with van der Waals surface area (Å²) in [5, 5.41) is 5.01. The van der Waals surface area contributed by atoms with Crippen LogP contribution in [0.5, 0.6) is 0 Å². The Morgan fingerprint density at radius 1 is 1.31 bits per heavy atom. The van der Waals surface area contributed by atoms with Gasteiger partial charge >= 0.3 is 0 Å². The topological polar surface area (TPSA) is 12.0 Å². The third kappa shape index (κ3) is 2.53. The van der Waals surface area contributed by atoms with Crippen molar-refractivity contribution in [2.75, 3.05) is 13.1 Å². The van der Waals surface area contributed by atoms with Crippen LogP contribution in [0.15, 0.2) is 18.2 Å². The van der Waals surface area contributed by atoms with Gasteiger partial charge in [0.05, 0.1) is 0 Å². The molecule has 0 radical (unpaired) electrons. The van der Waals surface area contributed by atoms with Crippen molar-refractivity contribution in [2.45, 2.75) is 31.6 Å². The Hall–Kier alpha value is -0.240. The van der Waals surface area contributed by atoms with Gasteiger partial charge in [-0.15, -0.1) is 0 Å². The van der Waals surface area contributed by atoms with E-state index in [1.807, 2.05) is 12.1 Å². The molecule has 0 spiro atoms. The van der Waals surface area contributed by atoms with Crippen molar-refractivity contribution in [3.05, 3.63) is 33.8 Å². The maximum Gasteiger partial charge on any atom is 0.0458 e. The van der Waals surface area contributed by atoms with Gasteiger partial charge in [-0.25, -0.2) is 0 Å². The number of halogens is 2. The SMILES string of the molecule is CCCNCC1(c2ccc(Cl)cc2Cl)CC1. The van der Waals surface area contributed by atoms with E-state index >= 15 is 0 Å². The summed E-state index contributed by atoms with van der Waals surface area (Å²) in [7, 11) is 0. The second-order valence-electron chi connectivity index (χ2n) is 4.58. The second kappa shape index (κ2) is 4.95. The summed E-state index contributed by atoms with van der Waals surface area (Å²) in [5.74, 6) is 0.